The van der Waals surface area contributed by atoms with E-state index in [-0.39, 0.29) is 0 Å². The van der Waals surface area contributed by atoms with Gasteiger partial charge in [-0.2, -0.15) is 0 Å². The number of aromatic nitrogens is 7. The molecule has 0 aliphatic carbocycles. The van der Waals surface area contributed by atoms with E-state index in [1.54, 1.807) is 0 Å². The number of benzene rings is 13. The van der Waals surface area contributed by atoms with Crippen molar-refractivity contribution in [2.24, 2.45) is 0 Å². The Morgan fingerprint density at radius 1 is 0.263 bits per heavy atom. The average molecular weight is 1280 g/mol. The van der Waals surface area contributed by atoms with Gasteiger partial charge in [0.25, 0.3) is 0 Å². The Kier molecular flexibility index (Phi) is 13.1. The Labute approximate surface area is 570 Å². The van der Waals surface area contributed by atoms with E-state index in [4.69, 9.17) is 14.5 Å². The van der Waals surface area contributed by atoms with Gasteiger partial charge in [-0.05, 0) is 122 Å². The number of fused-ring (bicyclic) bond motifs is 18. The summed E-state index contributed by atoms with van der Waals surface area (Å²) in [5.41, 5.74) is 18.5. The molecule has 7 heterocycles. The first-order valence-electron chi connectivity index (χ1n) is 34.5. The van der Waals surface area contributed by atoms with Crippen molar-refractivity contribution in [2.75, 3.05) is 13.2 Å². The summed E-state index contributed by atoms with van der Waals surface area (Å²) >= 11 is 0. The Morgan fingerprint density at radius 2 is 0.545 bits per heavy atom. The molecule has 0 bridgehead atoms. The van der Waals surface area contributed by atoms with E-state index < -0.39 is 0 Å². The van der Waals surface area contributed by atoms with Gasteiger partial charge in [0.2, 0.25) is 0 Å². The first kappa shape index (κ1) is 56.7. The molecule has 0 amide bonds. The van der Waals surface area contributed by atoms with Crippen LogP contribution in [-0.4, -0.2) is 45.6 Å². The molecule has 0 saturated heterocycles. The molecule has 0 atom stereocenters. The molecule has 0 unspecified atom stereocenters. The number of para-hydroxylation sites is 10. The number of rotatable bonds is 15. The Hall–Kier alpha value is -12.6. The van der Waals surface area contributed by atoms with Gasteiger partial charge in [-0.15, -0.1) is 0 Å². The standard InChI is InChI=1S/C90H65N7O2/c1-58-25-22-26-59(55-58)86-87(94-78-41-16-6-31-66(78)67-32-7-17-42-79(67)94)89(96-82-45-20-10-35-70(82)72-56-60(47-49-84(72)96)98-53-23-51-92-74-37-12-2-27-62(74)63-28-3-13-38-75(63)92)91-90(88(86)95-80-43-18-8-33-68(80)69-34-9-19-44-81(69)95)97-83-46-21-11-36-71(83)73-57-61(48-50-85(73)97)99-54-24-52-93-76-39-14-4-29-64(76)65-30-5-15-40-77(65)93/h2-22,25-50,55-57H,23-24,51-54H2,1H3. The van der Waals surface area contributed by atoms with Crippen LogP contribution < -0.4 is 9.47 Å². The van der Waals surface area contributed by atoms with Gasteiger partial charge >= 0.3 is 0 Å². The SMILES string of the molecule is Cc1cccc(-c2c(-n3c4ccccc4c4ccccc43)c(-n3c4ccccc4c4cc(OCCCn5c6ccccc6c6ccccc65)ccc43)nc(-n3c4ccccc4c4cc(OCCCn5c6ccccc6c6ccccc65)ccc43)c2-n2c3ccccc3c3ccccc32)c1. The highest BCUT2D eigenvalue weighted by atomic mass is 16.5. The topological polar surface area (TPSA) is 60.9 Å². The average Bonchev–Trinajstić information content (AvgIpc) is 1.61. The van der Waals surface area contributed by atoms with Crippen molar-refractivity contribution in [1.29, 1.82) is 0 Å². The summed E-state index contributed by atoms with van der Waals surface area (Å²) < 4.78 is 28.5. The molecule has 99 heavy (non-hydrogen) atoms. The lowest BCUT2D eigenvalue weighted by molar-refractivity contribution is 0.303. The minimum Gasteiger partial charge on any atom is -0.494 e. The van der Waals surface area contributed by atoms with Gasteiger partial charge < -0.3 is 27.7 Å². The van der Waals surface area contributed by atoms with Crippen molar-refractivity contribution in [3.05, 3.63) is 309 Å². The molecule has 7 aromatic heterocycles. The number of hydrogen-bond acceptors (Lipinski definition) is 3. The van der Waals surface area contributed by atoms with E-state index in [9.17, 15) is 0 Å². The lowest BCUT2D eigenvalue weighted by atomic mass is 9.98. The molecule has 20 rings (SSSR count). The van der Waals surface area contributed by atoms with Crippen LogP contribution in [0.2, 0.25) is 0 Å². The molecule has 0 aliphatic rings. The highest BCUT2D eigenvalue weighted by molar-refractivity contribution is 6.17. The summed E-state index contributed by atoms with van der Waals surface area (Å²) in [6, 6.07) is 111. The predicted molar refractivity (Wildman–Crippen MR) is 411 cm³/mol. The molecule has 13 aromatic carbocycles. The number of aryl methyl sites for hydroxylation is 3. The van der Waals surface area contributed by atoms with Gasteiger partial charge in [0.15, 0.2) is 11.6 Å². The summed E-state index contributed by atoms with van der Waals surface area (Å²) in [5.74, 6) is 3.20. The van der Waals surface area contributed by atoms with Crippen LogP contribution in [0.5, 0.6) is 11.5 Å². The first-order chi connectivity index (χ1) is 49.1. The van der Waals surface area contributed by atoms with E-state index >= 15 is 0 Å². The summed E-state index contributed by atoms with van der Waals surface area (Å²) in [6.45, 7) is 4.97. The third kappa shape index (κ3) is 8.83. The van der Waals surface area contributed by atoms with Crippen molar-refractivity contribution in [1.82, 2.24) is 32.4 Å². The molecule has 0 saturated carbocycles. The smallest absolute Gasteiger partial charge is 0.165 e. The van der Waals surface area contributed by atoms with Gasteiger partial charge in [0.05, 0.1) is 57.3 Å². The molecular formula is C90H65N7O2. The monoisotopic (exact) mass is 1280 g/mol. The Bertz CT molecular complexity index is 6080. The van der Waals surface area contributed by atoms with E-state index in [0.717, 1.165) is 164 Å². The molecule has 0 aliphatic heterocycles. The fourth-order valence-electron chi connectivity index (χ4n) is 16.5. The molecule has 9 heteroatoms. The zero-order valence-electron chi connectivity index (χ0n) is 54.6. The first-order valence-corrected chi connectivity index (χ1v) is 34.5. The predicted octanol–water partition coefficient (Wildman–Crippen LogP) is 22.6. The van der Waals surface area contributed by atoms with Crippen LogP contribution in [0, 0.1) is 6.92 Å². The summed E-state index contributed by atoms with van der Waals surface area (Å²) in [4.78, 5) is 6.52. The number of pyridine rings is 1. The minimum atomic E-state index is 0.550. The second-order valence-electron chi connectivity index (χ2n) is 26.3. The fraction of sp³-hybridized carbons (Fsp3) is 0.0778. The van der Waals surface area contributed by atoms with Gasteiger partial charge in [-0.1, -0.05) is 212 Å². The molecular weight excluding hydrogens is 1210 g/mol. The van der Waals surface area contributed by atoms with Gasteiger partial charge in [0.1, 0.15) is 22.9 Å². The summed E-state index contributed by atoms with van der Waals surface area (Å²) in [5, 5.41) is 14.1. The van der Waals surface area contributed by atoms with Gasteiger partial charge in [0, 0.05) is 105 Å². The zero-order valence-corrected chi connectivity index (χ0v) is 54.6. The van der Waals surface area contributed by atoms with Crippen LogP contribution in [0.15, 0.2) is 303 Å². The molecule has 9 nitrogen and oxygen atoms in total. The normalized spacial score (nSPS) is 12.1. The number of ether oxygens (including phenoxy) is 2. The maximum atomic E-state index is 6.87. The van der Waals surface area contributed by atoms with Gasteiger partial charge in [-0.3, -0.25) is 9.13 Å². The molecule has 0 spiro atoms. The van der Waals surface area contributed by atoms with Crippen molar-refractivity contribution in [3.8, 4) is 45.6 Å². The van der Waals surface area contributed by atoms with E-state index in [2.05, 4.69) is 338 Å². The molecule has 0 N–H and O–H groups in total. The van der Waals surface area contributed by atoms with Crippen LogP contribution in [0.4, 0.5) is 0 Å². The number of hydrogen-bond donors (Lipinski definition) is 0. The lowest BCUT2D eigenvalue weighted by Crippen LogP contribution is -2.16. The summed E-state index contributed by atoms with van der Waals surface area (Å²) in [6.07, 6.45) is 1.66. The highest BCUT2D eigenvalue weighted by Gasteiger charge is 2.33. The van der Waals surface area contributed by atoms with Crippen molar-refractivity contribution in [2.45, 2.75) is 32.9 Å². The minimum absolute atomic E-state index is 0.550. The van der Waals surface area contributed by atoms with Crippen molar-refractivity contribution >= 4 is 131 Å². The third-order valence-electron chi connectivity index (χ3n) is 20.7. The molecule has 0 radical (unpaired) electrons. The van der Waals surface area contributed by atoms with Crippen LogP contribution in [-0.2, 0) is 13.1 Å². The van der Waals surface area contributed by atoms with Gasteiger partial charge in [-0.25, -0.2) is 4.98 Å². The lowest BCUT2D eigenvalue weighted by Gasteiger charge is -2.27. The second-order valence-corrected chi connectivity index (χ2v) is 26.3. The van der Waals surface area contributed by atoms with E-state index in [1.807, 2.05) is 0 Å². The van der Waals surface area contributed by atoms with Crippen LogP contribution in [0.25, 0.3) is 165 Å². The molecule has 0 fully saturated rings. The second kappa shape index (κ2) is 22.8. The van der Waals surface area contributed by atoms with Crippen molar-refractivity contribution < 1.29 is 9.47 Å². The van der Waals surface area contributed by atoms with Crippen LogP contribution in [0.3, 0.4) is 0 Å². The zero-order chi connectivity index (χ0) is 65.2. The quantitative estimate of drug-likeness (QED) is 0.0961. The Morgan fingerprint density at radius 3 is 0.879 bits per heavy atom. The molecule has 20 aromatic rings. The van der Waals surface area contributed by atoms with E-state index in [0.29, 0.717) is 13.2 Å². The maximum absolute atomic E-state index is 6.87. The fourth-order valence-corrected chi connectivity index (χ4v) is 16.5. The maximum Gasteiger partial charge on any atom is 0.165 e. The summed E-state index contributed by atoms with van der Waals surface area (Å²) in [7, 11) is 0. The highest BCUT2D eigenvalue weighted by Crippen LogP contribution is 2.50. The number of nitrogens with zero attached hydrogens (tertiary/aromatic N) is 7. The van der Waals surface area contributed by atoms with E-state index in [1.165, 1.54) is 43.6 Å². The molecule has 472 valence electrons. The third-order valence-corrected chi connectivity index (χ3v) is 20.7. The van der Waals surface area contributed by atoms with Crippen molar-refractivity contribution in [3.63, 3.8) is 0 Å². The Balaban J connectivity index is 0.831. The largest absolute Gasteiger partial charge is 0.494 e. The van der Waals surface area contributed by atoms with Crippen LogP contribution in [0.1, 0.15) is 18.4 Å². The van der Waals surface area contributed by atoms with Crippen LogP contribution >= 0.6 is 0 Å².